The molecule has 0 aromatic heterocycles. The Morgan fingerprint density at radius 2 is 2.21 bits per heavy atom. The van der Waals surface area contributed by atoms with Crippen molar-refractivity contribution >= 4 is 15.3 Å². The van der Waals surface area contributed by atoms with Crippen LogP contribution in [0.2, 0.25) is 13.1 Å². The maximum absolute atomic E-state index is 11.5. The Bertz CT molecular complexity index is 254. The molecule has 0 aromatic rings. The minimum absolute atomic E-state index is 0.160. The molecular formula is C14H28O4Si. The van der Waals surface area contributed by atoms with Crippen LogP contribution in [0.15, 0.2) is 0 Å². The zero-order valence-corrected chi connectivity index (χ0v) is 13.7. The van der Waals surface area contributed by atoms with Gasteiger partial charge in [-0.1, -0.05) is 19.8 Å². The van der Waals surface area contributed by atoms with Crippen LogP contribution in [-0.2, 0) is 18.7 Å². The molecule has 4 nitrogen and oxygen atoms in total. The highest BCUT2D eigenvalue weighted by Gasteiger charge is 2.33. The average molecular weight is 288 g/mol. The molecular weight excluding hydrogens is 260 g/mol. The van der Waals surface area contributed by atoms with Crippen LogP contribution in [0.4, 0.5) is 0 Å². The highest BCUT2D eigenvalue weighted by atomic mass is 28.3. The molecule has 1 rings (SSSR count). The van der Waals surface area contributed by atoms with Crippen molar-refractivity contribution in [3.8, 4) is 0 Å². The molecule has 2 unspecified atom stereocenters. The second kappa shape index (κ2) is 8.84. The highest BCUT2D eigenvalue weighted by Crippen LogP contribution is 2.22. The number of unbranched alkanes of at least 4 members (excludes halogenated alkanes) is 1. The van der Waals surface area contributed by atoms with Gasteiger partial charge in [-0.05, 0) is 38.8 Å². The maximum Gasteiger partial charge on any atom is 0.172 e. The summed E-state index contributed by atoms with van der Waals surface area (Å²) in [6.07, 6.45) is 6.71. The first-order chi connectivity index (χ1) is 9.12. The lowest BCUT2D eigenvalue weighted by Crippen LogP contribution is -2.44. The lowest BCUT2D eigenvalue weighted by atomic mass is 10.00. The van der Waals surface area contributed by atoms with Crippen LogP contribution in [0.5, 0.6) is 0 Å². The fourth-order valence-electron chi connectivity index (χ4n) is 2.31. The average Bonchev–Trinajstić information content (AvgIpc) is 2.43. The molecule has 2 atom stereocenters. The van der Waals surface area contributed by atoms with Crippen LogP contribution < -0.4 is 0 Å². The van der Waals surface area contributed by atoms with Gasteiger partial charge in [-0.15, -0.1) is 0 Å². The molecule has 5 heteroatoms. The number of hydrogen-bond donors (Lipinski definition) is 0. The molecule has 1 aliphatic heterocycles. The van der Waals surface area contributed by atoms with Gasteiger partial charge in [0.15, 0.2) is 21.6 Å². The zero-order valence-electron chi connectivity index (χ0n) is 12.5. The van der Waals surface area contributed by atoms with E-state index in [0.29, 0.717) is 6.61 Å². The Balaban J connectivity index is 2.52. The Morgan fingerprint density at radius 3 is 2.74 bits per heavy atom. The van der Waals surface area contributed by atoms with Crippen molar-refractivity contribution in [2.24, 2.45) is 0 Å². The van der Waals surface area contributed by atoms with Gasteiger partial charge in [0, 0.05) is 6.61 Å². The van der Waals surface area contributed by atoms with Crippen LogP contribution in [0.25, 0.3) is 0 Å². The molecule has 112 valence electrons. The predicted octanol–water partition coefficient (Wildman–Crippen LogP) is 2.66. The number of carbonyl (C=O) groups is 1. The molecule has 0 spiro atoms. The Hall–Kier alpha value is -0.233. The van der Waals surface area contributed by atoms with E-state index in [0.717, 1.165) is 51.4 Å². The summed E-state index contributed by atoms with van der Waals surface area (Å²) in [6.45, 7) is 7.37. The molecule has 0 saturated carbocycles. The topological polar surface area (TPSA) is 44.8 Å². The standard InChI is InChI=1S/C14H28O4Si/c1-4-5-9-14(11-15,18-19(2)3)12-17-13-8-6-7-10-16-13/h11,13,19H,4-10,12H2,1-3H3. The third-order valence-corrected chi connectivity index (χ3v) is 4.23. The van der Waals surface area contributed by atoms with Crippen LogP contribution in [-0.4, -0.2) is 40.4 Å². The van der Waals surface area contributed by atoms with Crippen LogP contribution in [0, 0.1) is 0 Å². The van der Waals surface area contributed by atoms with Gasteiger partial charge in [0.05, 0.1) is 6.61 Å². The molecule has 0 aliphatic carbocycles. The van der Waals surface area contributed by atoms with Gasteiger partial charge in [-0.2, -0.15) is 0 Å². The normalized spacial score (nSPS) is 23.3. The van der Waals surface area contributed by atoms with Crippen molar-refractivity contribution in [3.05, 3.63) is 0 Å². The number of aldehydes is 1. The van der Waals surface area contributed by atoms with Crippen molar-refractivity contribution in [3.63, 3.8) is 0 Å². The lowest BCUT2D eigenvalue weighted by molar-refractivity contribution is -0.187. The lowest BCUT2D eigenvalue weighted by Gasteiger charge is -2.33. The fourth-order valence-corrected chi connectivity index (χ4v) is 3.49. The van der Waals surface area contributed by atoms with Crippen LogP contribution >= 0.6 is 0 Å². The number of ether oxygens (including phenoxy) is 2. The second-order valence-electron chi connectivity index (χ2n) is 5.56. The van der Waals surface area contributed by atoms with Gasteiger partial charge in [0.25, 0.3) is 0 Å². The predicted molar refractivity (Wildman–Crippen MR) is 77.8 cm³/mol. The molecule has 1 heterocycles. The third kappa shape index (κ3) is 6.16. The number of rotatable bonds is 9. The van der Waals surface area contributed by atoms with E-state index in [9.17, 15) is 4.79 Å². The van der Waals surface area contributed by atoms with E-state index >= 15 is 0 Å². The SMILES string of the molecule is CCCCC(C=O)(COC1CCCCO1)O[SiH](C)C. The number of carbonyl (C=O) groups excluding carboxylic acids is 1. The summed E-state index contributed by atoms with van der Waals surface area (Å²) in [5.41, 5.74) is -0.753. The van der Waals surface area contributed by atoms with Crippen molar-refractivity contribution in [2.45, 2.75) is 70.4 Å². The van der Waals surface area contributed by atoms with Gasteiger partial charge in [-0.3, -0.25) is 0 Å². The van der Waals surface area contributed by atoms with E-state index in [4.69, 9.17) is 13.9 Å². The summed E-state index contributed by atoms with van der Waals surface area (Å²) in [5, 5.41) is 0. The summed E-state index contributed by atoms with van der Waals surface area (Å²) in [5.74, 6) is 0. The molecule has 0 amide bonds. The molecule has 0 bridgehead atoms. The maximum atomic E-state index is 11.5. The van der Waals surface area contributed by atoms with Crippen LogP contribution in [0.3, 0.4) is 0 Å². The third-order valence-electron chi connectivity index (χ3n) is 3.29. The summed E-state index contributed by atoms with van der Waals surface area (Å²) in [6, 6.07) is 0. The molecule has 1 fully saturated rings. The monoisotopic (exact) mass is 288 g/mol. The van der Waals surface area contributed by atoms with Gasteiger partial charge < -0.3 is 18.7 Å². The van der Waals surface area contributed by atoms with Gasteiger partial charge in [0.2, 0.25) is 0 Å². The number of hydrogen-bond acceptors (Lipinski definition) is 4. The van der Waals surface area contributed by atoms with E-state index < -0.39 is 14.6 Å². The molecule has 19 heavy (non-hydrogen) atoms. The second-order valence-corrected chi connectivity index (χ2v) is 7.89. The minimum Gasteiger partial charge on any atom is -0.406 e. The Labute approximate surface area is 118 Å². The van der Waals surface area contributed by atoms with Crippen molar-refractivity contribution in [2.75, 3.05) is 13.2 Å². The smallest absolute Gasteiger partial charge is 0.172 e. The highest BCUT2D eigenvalue weighted by molar-refractivity contribution is 6.48. The van der Waals surface area contributed by atoms with Crippen molar-refractivity contribution < 1.29 is 18.7 Å². The summed E-state index contributed by atoms with van der Waals surface area (Å²) >= 11 is 0. The van der Waals surface area contributed by atoms with E-state index in [1.807, 2.05) is 0 Å². The summed E-state index contributed by atoms with van der Waals surface area (Å²) < 4.78 is 17.3. The molecule has 0 N–H and O–H groups in total. The molecule has 1 aliphatic rings. The quantitative estimate of drug-likeness (QED) is 0.483. The summed E-state index contributed by atoms with van der Waals surface area (Å²) in [7, 11) is -1.28. The zero-order chi connectivity index (χ0) is 14.1. The largest absolute Gasteiger partial charge is 0.406 e. The van der Waals surface area contributed by atoms with Crippen molar-refractivity contribution in [1.29, 1.82) is 0 Å². The van der Waals surface area contributed by atoms with E-state index in [1.54, 1.807) is 0 Å². The Morgan fingerprint density at radius 1 is 1.42 bits per heavy atom. The first-order valence-corrected chi connectivity index (χ1v) is 10.3. The van der Waals surface area contributed by atoms with Crippen molar-refractivity contribution in [1.82, 2.24) is 0 Å². The molecule has 0 radical (unpaired) electrons. The van der Waals surface area contributed by atoms with E-state index in [1.165, 1.54) is 0 Å². The molecule has 1 saturated heterocycles. The van der Waals surface area contributed by atoms with Crippen LogP contribution in [0.1, 0.15) is 45.4 Å². The van der Waals surface area contributed by atoms with E-state index in [2.05, 4.69) is 20.0 Å². The van der Waals surface area contributed by atoms with E-state index in [-0.39, 0.29) is 6.29 Å². The minimum atomic E-state index is -1.28. The first kappa shape index (κ1) is 16.8. The first-order valence-electron chi connectivity index (χ1n) is 7.49. The fraction of sp³-hybridized carbons (Fsp3) is 0.929. The molecule has 0 aromatic carbocycles. The van der Waals surface area contributed by atoms with Gasteiger partial charge in [0.1, 0.15) is 5.60 Å². The Kier molecular flexibility index (Phi) is 7.83. The van der Waals surface area contributed by atoms with Gasteiger partial charge >= 0.3 is 0 Å². The van der Waals surface area contributed by atoms with Gasteiger partial charge in [-0.25, -0.2) is 0 Å². The summed E-state index contributed by atoms with van der Waals surface area (Å²) in [4.78, 5) is 11.5.